The van der Waals surface area contributed by atoms with Crippen LogP contribution in [0.15, 0.2) is 24.3 Å². The molecule has 0 unspecified atom stereocenters. The molecule has 0 saturated heterocycles. The van der Waals surface area contributed by atoms with Crippen molar-refractivity contribution in [3.05, 3.63) is 35.6 Å². The third-order valence-corrected chi connectivity index (χ3v) is 4.44. The second kappa shape index (κ2) is 5.37. The first-order chi connectivity index (χ1) is 7.92. The summed E-state index contributed by atoms with van der Waals surface area (Å²) >= 11 is 0. The van der Waals surface area contributed by atoms with Crippen molar-refractivity contribution in [1.82, 2.24) is 0 Å². The van der Waals surface area contributed by atoms with Gasteiger partial charge < -0.3 is 5.11 Å². The zero-order valence-corrected chi connectivity index (χ0v) is 10.1. The van der Waals surface area contributed by atoms with E-state index in [9.17, 15) is 17.6 Å². The molecule has 0 heterocycles. The topological polar surface area (TPSA) is 71.4 Å². The minimum atomic E-state index is -3.69. The number of carbonyl (C=O) groups is 1. The van der Waals surface area contributed by atoms with Crippen LogP contribution in [0.4, 0.5) is 4.39 Å². The summed E-state index contributed by atoms with van der Waals surface area (Å²) in [5, 5.41) is 7.48. The first kappa shape index (κ1) is 13.8. The Morgan fingerprint density at radius 1 is 1.47 bits per heavy atom. The maximum absolute atomic E-state index is 12.9. The molecule has 1 rings (SSSR count). The third kappa shape index (κ3) is 3.10. The highest BCUT2D eigenvalue weighted by molar-refractivity contribution is 7.92. The van der Waals surface area contributed by atoms with Gasteiger partial charge in [-0.3, -0.25) is 4.79 Å². The van der Waals surface area contributed by atoms with E-state index in [-0.39, 0.29) is 11.3 Å². The van der Waals surface area contributed by atoms with Crippen molar-refractivity contribution in [2.75, 3.05) is 12.4 Å². The molecular weight excluding hydrogens is 247 g/mol. The van der Waals surface area contributed by atoms with E-state index < -0.39 is 33.3 Å². The highest BCUT2D eigenvalue weighted by atomic mass is 32.2. The van der Waals surface area contributed by atoms with E-state index >= 15 is 0 Å². The Kier molecular flexibility index (Phi) is 4.36. The zero-order chi connectivity index (χ0) is 13.1. The number of hydrogen-bond donors (Lipinski definition) is 1. The van der Waals surface area contributed by atoms with Crippen molar-refractivity contribution in [3.63, 3.8) is 0 Å². The lowest BCUT2D eigenvalue weighted by molar-refractivity contribution is 0.0961. The standard InChI is InChI=1S/C11H13FO4S/c1-2-17(15,16)10(7-13)11(14)8-4-3-5-9(12)6-8/h3-6,10,13H,2,7H2,1H3/t10-/m1/s1. The van der Waals surface area contributed by atoms with Gasteiger partial charge in [-0.2, -0.15) is 0 Å². The average Bonchev–Trinajstić information content (AvgIpc) is 2.29. The molecule has 0 saturated carbocycles. The molecule has 0 fully saturated rings. The molecule has 94 valence electrons. The lowest BCUT2D eigenvalue weighted by atomic mass is 10.1. The van der Waals surface area contributed by atoms with Crippen LogP contribution < -0.4 is 0 Å². The molecule has 0 bridgehead atoms. The number of halogens is 1. The Bertz CT molecular complexity index is 510. The van der Waals surface area contributed by atoms with Gasteiger partial charge in [-0.1, -0.05) is 19.1 Å². The summed E-state index contributed by atoms with van der Waals surface area (Å²) in [6.07, 6.45) is 0. The molecule has 0 amide bonds. The Hall–Kier alpha value is -1.27. The molecule has 0 aromatic heterocycles. The minimum Gasteiger partial charge on any atom is -0.395 e. The van der Waals surface area contributed by atoms with Gasteiger partial charge in [-0.25, -0.2) is 12.8 Å². The summed E-state index contributed by atoms with van der Waals surface area (Å²) < 4.78 is 36.0. The maximum atomic E-state index is 12.9. The fraction of sp³-hybridized carbons (Fsp3) is 0.364. The molecule has 1 N–H and O–H groups in total. The summed E-state index contributed by atoms with van der Waals surface area (Å²) in [4.78, 5) is 11.8. The number of carbonyl (C=O) groups excluding carboxylic acids is 1. The van der Waals surface area contributed by atoms with Crippen molar-refractivity contribution in [2.24, 2.45) is 0 Å². The van der Waals surface area contributed by atoms with Gasteiger partial charge in [-0.15, -0.1) is 0 Å². The van der Waals surface area contributed by atoms with E-state index in [2.05, 4.69) is 0 Å². The third-order valence-electron chi connectivity index (χ3n) is 2.40. The summed E-state index contributed by atoms with van der Waals surface area (Å²) in [6, 6.07) is 4.74. The van der Waals surface area contributed by atoms with Crippen molar-refractivity contribution in [2.45, 2.75) is 12.2 Å². The predicted octanol–water partition coefficient (Wildman–Crippen LogP) is 0.804. The van der Waals surface area contributed by atoms with Crippen LogP contribution in [0.2, 0.25) is 0 Å². The monoisotopic (exact) mass is 260 g/mol. The van der Waals surface area contributed by atoms with Crippen LogP contribution in [-0.2, 0) is 9.84 Å². The van der Waals surface area contributed by atoms with Gasteiger partial charge in [0.1, 0.15) is 11.1 Å². The molecular formula is C11H13FO4S. The van der Waals surface area contributed by atoms with Crippen LogP contribution in [0, 0.1) is 5.82 Å². The molecule has 0 aliphatic rings. The molecule has 6 heteroatoms. The second-order valence-corrected chi connectivity index (χ2v) is 5.97. The molecule has 0 aliphatic carbocycles. The normalized spacial score (nSPS) is 13.4. The van der Waals surface area contributed by atoms with Gasteiger partial charge in [0.15, 0.2) is 15.6 Å². The van der Waals surface area contributed by atoms with Gasteiger partial charge in [0.25, 0.3) is 0 Å². The van der Waals surface area contributed by atoms with Gasteiger partial charge in [0.2, 0.25) is 0 Å². The van der Waals surface area contributed by atoms with Gasteiger partial charge in [0, 0.05) is 11.3 Å². The number of Topliss-reactive ketones (excluding diaryl/α,β-unsaturated/α-hetero) is 1. The van der Waals surface area contributed by atoms with Crippen LogP contribution >= 0.6 is 0 Å². The Morgan fingerprint density at radius 3 is 2.59 bits per heavy atom. The van der Waals surface area contributed by atoms with Crippen LogP contribution in [0.3, 0.4) is 0 Å². The molecule has 0 radical (unpaired) electrons. The van der Waals surface area contributed by atoms with Crippen molar-refractivity contribution < 1.29 is 22.7 Å². The molecule has 4 nitrogen and oxygen atoms in total. The quantitative estimate of drug-likeness (QED) is 0.795. The number of aliphatic hydroxyl groups excluding tert-OH is 1. The van der Waals surface area contributed by atoms with E-state index in [0.29, 0.717) is 0 Å². The van der Waals surface area contributed by atoms with E-state index in [0.717, 1.165) is 12.1 Å². The molecule has 1 aromatic rings. The minimum absolute atomic E-state index is 0.0546. The fourth-order valence-corrected chi connectivity index (χ4v) is 2.48. The number of benzene rings is 1. The van der Waals surface area contributed by atoms with Crippen LogP contribution in [-0.4, -0.2) is 36.9 Å². The lowest BCUT2D eigenvalue weighted by Crippen LogP contribution is -2.35. The summed E-state index contributed by atoms with van der Waals surface area (Å²) in [7, 11) is -3.69. The Balaban J connectivity index is 3.11. The van der Waals surface area contributed by atoms with Crippen LogP contribution in [0.25, 0.3) is 0 Å². The number of hydrogen-bond acceptors (Lipinski definition) is 4. The Morgan fingerprint density at radius 2 is 2.12 bits per heavy atom. The average molecular weight is 260 g/mol. The lowest BCUT2D eigenvalue weighted by Gasteiger charge is -2.12. The van der Waals surface area contributed by atoms with Gasteiger partial charge in [0.05, 0.1) is 6.61 Å². The Labute approximate surface area is 99.0 Å². The summed E-state index contributed by atoms with van der Waals surface area (Å²) in [5.74, 6) is -1.66. The largest absolute Gasteiger partial charge is 0.395 e. The highest BCUT2D eigenvalue weighted by Gasteiger charge is 2.31. The second-order valence-electron chi connectivity index (χ2n) is 3.50. The van der Waals surface area contributed by atoms with Gasteiger partial charge in [-0.05, 0) is 12.1 Å². The molecule has 0 spiro atoms. The first-order valence-electron chi connectivity index (χ1n) is 5.04. The smallest absolute Gasteiger partial charge is 0.183 e. The molecule has 1 aromatic carbocycles. The summed E-state index contributed by atoms with van der Waals surface area (Å²) in [6.45, 7) is 0.586. The van der Waals surface area contributed by atoms with E-state index in [1.54, 1.807) is 0 Å². The molecule has 0 aliphatic heterocycles. The summed E-state index contributed by atoms with van der Waals surface area (Å²) in [5.41, 5.74) is -0.0546. The van der Waals surface area contributed by atoms with Crippen molar-refractivity contribution >= 4 is 15.6 Å². The van der Waals surface area contributed by atoms with Crippen LogP contribution in [0.5, 0.6) is 0 Å². The molecule has 1 atom stereocenters. The number of ketones is 1. The van der Waals surface area contributed by atoms with E-state index in [4.69, 9.17) is 5.11 Å². The molecule has 17 heavy (non-hydrogen) atoms. The number of aliphatic hydroxyl groups is 1. The van der Waals surface area contributed by atoms with Crippen molar-refractivity contribution in [1.29, 1.82) is 0 Å². The number of rotatable bonds is 5. The van der Waals surface area contributed by atoms with E-state index in [1.807, 2.05) is 0 Å². The fourth-order valence-electron chi connectivity index (χ4n) is 1.39. The van der Waals surface area contributed by atoms with Crippen molar-refractivity contribution in [3.8, 4) is 0 Å². The number of sulfone groups is 1. The SMILES string of the molecule is CCS(=O)(=O)[C@H](CO)C(=O)c1cccc(F)c1. The zero-order valence-electron chi connectivity index (χ0n) is 9.26. The predicted molar refractivity (Wildman–Crippen MR) is 61.1 cm³/mol. The highest BCUT2D eigenvalue weighted by Crippen LogP contribution is 2.12. The van der Waals surface area contributed by atoms with Gasteiger partial charge >= 0.3 is 0 Å². The first-order valence-corrected chi connectivity index (χ1v) is 6.76. The van der Waals surface area contributed by atoms with E-state index in [1.165, 1.54) is 19.1 Å². The maximum Gasteiger partial charge on any atom is 0.183 e. The van der Waals surface area contributed by atoms with Crippen LogP contribution in [0.1, 0.15) is 17.3 Å².